The van der Waals surface area contributed by atoms with Crippen LogP contribution in [0.15, 0.2) is 48.5 Å². The lowest BCUT2D eigenvalue weighted by molar-refractivity contribution is -0.383. The van der Waals surface area contributed by atoms with Crippen LogP contribution in [0.2, 0.25) is 0 Å². The van der Waals surface area contributed by atoms with Crippen LogP contribution in [-0.4, -0.2) is 37.1 Å². The van der Waals surface area contributed by atoms with Crippen LogP contribution in [0.5, 0.6) is 11.5 Å². The van der Waals surface area contributed by atoms with Gasteiger partial charge in [-0.25, -0.2) is 4.79 Å². The fourth-order valence-corrected chi connectivity index (χ4v) is 1.93. The fraction of sp³-hybridized carbons (Fsp3) is 0.176. The summed E-state index contributed by atoms with van der Waals surface area (Å²) in [5.41, 5.74) is -0.233. The zero-order chi connectivity index (χ0) is 18.9. The molecule has 0 bridgehead atoms. The molecule has 0 aliphatic rings. The van der Waals surface area contributed by atoms with Crippen LogP contribution in [0.4, 0.5) is 11.4 Å². The first-order valence-electron chi connectivity index (χ1n) is 7.45. The number of carbonyl (C=O) groups excluding carboxylic acids is 2. The number of carbonyl (C=O) groups is 2. The Morgan fingerprint density at radius 2 is 1.69 bits per heavy atom. The molecule has 0 aliphatic carbocycles. The molecule has 0 aromatic heterocycles. The highest BCUT2D eigenvalue weighted by molar-refractivity contribution is 5.94. The van der Waals surface area contributed by atoms with Crippen LogP contribution in [0, 0.1) is 10.1 Å². The third kappa shape index (κ3) is 5.48. The van der Waals surface area contributed by atoms with E-state index in [0.29, 0.717) is 11.5 Å². The van der Waals surface area contributed by atoms with E-state index in [2.05, 4.69) is 5.32 Å². The number of benzene rings is 2. The van der Waals surface area contributed by atoms with Gasteiger partial charge in [-0.05, 0) is 30.3 Å². The number of methoxy groups -OCH3 is 1. The SMILES string of the molecule is COc1ccc(OCC(=O)OCC(=O)Nc2ccccc2[N+](=O)[O-])cc1. The zero-order valence-electron chi connectivity index (χ0n) is 13.8. The number of nitro benzene ring substituents is 1. The van der Waals surface area contributed by atoms with Crippen molar-refractivity contribution >= 4 is 23.3 Å². The normalized spacial score (nSPS) is 9.88. The van der Waals surface area contributed by atoms with Gasteiger partial charge in [0.15, 0.2) is 13.2 Å². The molecule has 26 heavy (non-hydrogen) atoms. The number of hydrogen-bond acceptors (Lipinski definition) is 7. The number of rotatable bonds is 8. The molecule has 2 aromatic carbocycles. The van der Waals surface area contributed by atoms with Gasteiger partial charge in [0.25, 0.3) is 11.6 Å². The summed E-state index contributed by atoms with van der Waals surface area (Å²) < 4.78 is 15.0. The Bertz CT molecular complexity index is 790. The molecule has 2 rings (SSSR count). The standard InChI is InChI=1S/C17H16N2O7/c1-24-12-6-8-13(9-7-12)25-11-17(21)26-10-16(20)18-14-4-2-3-5-15(14)19(22)23/h2-9H,10-11H2,1H3,(H,18,20). The van der Waals surface area contributed by atoms with Crippen molar-refractivity contribution in [2.24, 2.45) is 0 Å². The van der Waals surface area contributed by atoms with Crippen molar-refractivity contribution < 1.29 is 28.7 Å². The van der Waals surface area contributed by atoms with Crippen molar-refractivity contribution in [2.75, 3.05) is 25.6 Å². The lowest BCUT2D eigenvalue weighted by Crippen LogP contribution is -2.24. The lowest BCUT2D eigenvalue weighted by Gasteiger charge is -2.08. The summed E-state index contributed by atoms with van der Waals surface area (Å²) >= 11 is 0. The summed E-state index contributed by atoms with van der Waals surface area (Å²) in [5, 5.41) is 13.2. The Morgan fingerprint density at radius 3 is 2.35 bits per heavy atom. The first kappa shape index (κ1) is 18.7. The number of nitro groups is 1. The number of nitrogens with zero attached hydrogens (tertiary/aromatic N) is 1. The molecule has 1 N–H and O–H groups in total. The smallest absolute Gasteiger partial charge is 0.344 e. The van der Waals surface area contributed by atoms with Gasteiger partial charge in [0.1, 0.15) is 17.2 Å². The Hall–Kier alpha value is -3.62. The topological polar surface area (TPSA) is 117 Å². The third-order valence-corrected chi connectivity index (χ3v) is 3.16. The summed E-state index contributed by atoms with van der Waals surface area (Å²) in [7, 11) is 1.53. The van der Waals surface area contributed by atoms with Gasteiger partial charge in [0.2, 0.25) is 0 Å². The number of esters is 1. The Morgan fingerprint density at radius 1 is 1.04 bits per heavy atom. The average Bonchev–Trinajstić information content (AvgIpc) is 2.65. The molecule has 0 saturated carbocycles. The van der Waals surface area contributed by atoms with Crippen LogP contribution in [0.1, 0.15) is 0 Å². The van der Waals surface area contributed by atoms with Crippen LogP contribution in [0.25, 0.3) is 0 Å². The molecule has 9 nitrogen and oxygen atoms in total. The Kier molecular flexibility index (Phi) is 6.49. The van der Waals surface area contributed by atoms with Gasteiger partial charge >= 0.3 is 5.97 Å². The predicted molar refractivity (Wildman–Crippen MR) is 91.2 cm³/mol. The maximum atomic E-state index is 11.8. The molecule has 9 heteroatoms. The fourth-order valence-electron chi connectivity index (χ4n) is 1.93. The van der Waals surface area contributed by atoms with Gasteiger partial charge in [-0.2, -0.15) is 0 Å². The summed E-state index contributed by atoms with van der Waals surface area (Å²) in [6.45, 7) is -0.970. The summed E-state index contributed by atoms with van der Waals surface area (Å²) in [6.07, 6.45) is 0. The number of hydrogen-bond donors (Lipinski definition) is 1. The summed E-state index contributed by atoms with van der Waals surface area (Å²) in [5.74, 6) is -0.366. The Labute approximate surface area is 148 Å². The average molecular weight is 360 g/mol. The summed E-state index contributed by atoms with van der Waals surface area (Å²) in [4.78, 5) is 33.6. The van der Waals surface area contributed by atoms with Crippen molar-refractivity contribution in [2.45, 2.75) is 0 Å². The minimum atomic E-state index is -0.751. The van der Waals surface area contributed by atoms with Crippen LogP contribution < -0.4 is 14.8 Å². The monoisotopic (exact) mass is 360 g/mol. The van der Waals surface area contributed by atoms with Crippen molar-refractivity contribution in [1.82, 2.24) is 0 Å². The van der Waals surface area contributed by atoms with E-state index in [1.165, 1.54) is 31.4 Å². The molecule has 0 heterocycles. The van der Waals surface area contributed by atoms with E-state index in [1.807, 2.05) is 0 Å². The molecule has 0 atom stereocenters. The molecule has 136 valence electrons. The number of ether oxygens (including phenoxy) is 3. The van der Waals surface area contributed by atoms with E-state index in [4.69, 9.17) is 14.2 Å². The summed E-state index contributed by atoms with van der Waals surface area (Å²) in [6, 6.07) is 12.2. The van der Waals surface area contributed by atoms with Crippen molar-refractivity contribution in [3.8, 4) is 11.5 Å². The van der Waals surface area contributed by atoms with E-state index >= 15 is 0 Å². The van der Waals surface area contributed by atoms with Crippen LogP contribution >= 0.6 is 0 Å². The van der Waals surface area contributed by atoms with Gasteiger partial charge in [-0.3, -0.25) is 14.9 Å². The zero-order valence-corrected chi connectivity index (χ0v) is 13.8. The quantitative estimate of drug-likeness (QED) is 0.435. The molecule has 0 unspecified atom stereocenters. The molecule has 0 radical (unpaired) electrons. The minimum Gasteiger partial charge on any atom is -0.497 e. The van der Waals surface area contributed by atoms with E-state index < -0.39 is 23.4 Å². The molecule has 1 amide bonds. The lowest BCUT2D eigenvalue weighted by atomic mass is 10.2. The number of nitrogens with one attached hydrogen (secondary N) is 1. The first-order chi connectivity index (χ1) is 12.5. The molecule has 0 spiro atoms. The number of anilines is 1. The van der Waals surface area contributed by atoms with Crippen molar-refractivity contribution in [3.05, 3.63) is 58.6 Å². The van der Waals surface area contributed by atoms with Crippen molar-refractivity contribution in [1.29, 1.82) is 0 Å². The van der Waals surface area contributed by atoms with Gasteiger partial charge in [-0.1, -0.05) is 12.1 Å². The van der Waals surface area contributed by atoms with Gasteiger partial charge in [0, 0.05) is 6.07 Å². The van der Waals surface area contributed by atoms with E-state index in [9.17, 15) is 19.7 Å². The highest BCUT2D eigenvalue weighted by Gasteiger charge is 2.15. The minimum absolute atomic E-state index is 0.0213. The largest absolute Gasteiger partial charge is 0.497 e. The second-order valence-corrected chi connectivity index (χ2v) is 4.95. The van der Waals surface area contributed by atoms with E-state index in [-0.39, 0.29) is 18.0 Å². The highest BCUT2D eigenvalue weighted by atomic mass is 16.6. The maximum absolute atomic E-state index is 11.8. The molecular weight excluding hydrogens is 344 g/mol. The third-order valence-electron chi connectivity index (χ3n) is 3.16. The van der Waals surface area contributed by atoms with E-state index in [0.717, 1.165) is 0 Å². The van der Waals surface area contributed by atoms with Crippen molar-refractivity contribution in [3.63, 3.8) is 0 Å². The van der Waals surface area contributed by atoms with Crippen LogP contribution in [0.3, 0.4) is 0 Å². The van der Waals surface area contributed by atoms with Gasteiger partial charge in [0.05, 0.1) is 12.0 Å². The Balaban J connectivity index is 1.78. The maximum Gasteiger partial charge on any atom is 0.344 e. The van der Waals surface area contributed by atoms with Gasteiger partial charge in [-0.15, -0.1) is 0 Å². The number of amides is 1. The van der Waals surface area contributed by atoms with E-state index in [1.54, 1.807) is 24.3 Å². The molecule has 2 aromatic rings. The molecule has 0 aliphatic heterocycles. The second-order valence-electron chi connectivity index (χ2n) is 4.95. The first-order valence-corrected chi connectivity index (χ1v) is 7.45. The molecule has 0 saturated heterocycles. The second kappa shape index (κ2) is 9.02. The number of para-hydroxylation sites is 2. The predicted octanol–water partition coefficient (Wildman–Crippen LogP) is 2.16. The molecular formula is C17H16N2O7. The highest BCUT2D eigenvalue weighted by Crippen LogP contribution is 2.23. The van der Waals surface area contributed by atoms with Gasteiger partial charge < -0.3 is 19.5 Å². The van der Waals surface area contributed by atoms with Crippen LogP contribution in [-0.2, 0) is 14.3 Å². The molecule has 0 fully saturated rings.